The zero-order valence-electron chi connectivity index (χ0n) is 14.8. The van der Waals surface area contributed by atoms with Crippen LogP contribution in [0.2, 0.25) is 0 Å². The number of anilines is 1. The van der Waals surface area contributed by atoms with Crippen LogP contribution in [0.25, 0.3) is 0 Å². The Balaban J connectivity index is 1.35. The van der Waals surface area contributed by atoms with E-state index in [1.165, 1.54) is 44.1 Å². The summed E-state index contributed by atoms with van der Waals surface area (Å²) in [7, 11) is 0. The molecular formula is C20H27N5. The van der Waals surface area contributed by atoms with Crippen LogP contribution in [0.15, 0.2) is 30.7 Å². The number of pyridine rings is 1. The summed E-state index contributed by atoms with van der Waals surface area (Å²) in [5.74, 6) is 2.77. The second kappa shape index (κ2) is 7.48. The summed E-state index contributed by atoms with van der Waals surface area (Å²) in [6.07, 6.45) is 13.2. The van der Waals surface area contributed by atoms with Crippen molar-refractivity contribution < 1.29 is 0 Å². The molecule has 1 saturated carbocycles. The lowest BCUT2D eigenvalue weighted by molar-refractivity contribution is 0.204. The van der Waals surface area contributed by atoms with Crippen LogP contribution in [-0.2, 0) is 6.54 Å². The van der Waals surface area contributed by atoms with Gasteiger partial charge in [-0.25, -0.2) is 9.97 Å². The summed E-state index contributed by atoms with van der Waals surface area (Å²) in [5.41, 5.74) is 8.68. The largest absolute Gasteiger partial charge is 0.383 e. The highest BCUT2D eigenvalue weighted by Crippen LogP contribution is 2.33. The molecule has 5 heteroatoms. The molecule has 25 heavy (non-hydrogen) atoms. The molecule has 1 aliphatic heterocycles. The molecule has 0 amide bonds. The third-order valence-electron chi connectivity index (χ3n) is 5.77. The molecule has 4 rings (SSSR count). The number of likely N-dealkylation sites (tertiary alicyclic amines) is 1. The fraction of sp³-hybridized carbons (Fsp3) is 0.550. The molecule has 3 heterocycles. The lowest BCUT2D eigenvalue weighted by Gasteiger charge is -2.32. The molecule has 0 spiro atoms. The fourth-order valence-corrected chi connectivity index (χ4v) is 4.22. The lowest BCUT2D eigenvalue weighted by Crippen LogP contribution is -2.33. The molecule has 0 unspecified atom stereocenters. The number of hydrogen-bond acceptors (Lipinski definition) is 5. The molecule has 132 valence electrons. The minimum absolute atomic E-state index is 0.520. The van der Waals surface area contributed by atoms with E-state index in [1.807, 2.05) is 24.7 Å². The Morgan fingerprint density at radius 2 is 1.84 bits per heavy atom. The Bertz CT molecular complexity index is 688. The van der Waals surface area contributed by atoms with Crippen molar-refractivity contribution in [1.29, 1.82) is 0 Å². The van der Waals surface area contributed by atoms with Gasteiger partial charge in [-0.15, -0.1) is 0 Å². The molecule has 2 aliphatic rings. The van der Waals surface area contributed by atoms with Crippen LogP contribution in [0.4, 0.5) is 5.82 Å². The van der Waals surface area contributed by atoms with Gasteiger partial charge in [-0.05, 0) is 56.3 Å². The van der Waals surface area contributed by atoms with E-state index in [2.05, 4.69) is 25.9 Å². The predicted molar refractivity (Wildman–Crippen MR) is 99.1 cm³/mol. The van der Waals surface area contributed by atoms with Gasteiger partial charge in [-0.2, -0.15) is 0 Å². The second-order valence-electron chi connectivity index (χ2n) is 7.46. The van der Waals surface area contributed by atoms with Crippen molar-refractivity contribution in [3.63, 3.8) is 0 Å². The van der Waals surface area contributed by atoms with Crippen molar-refractivity contribution in [2.45, 2.75) is 56.9 Å². The maximum atomic E-state index is 6.24. The summed E-state index contributed by atoms with van der Waals surface area (Å²) >= 11 is 0. The number of aromatic nitrogens is 3. The van der Waals surface area contributed by atoms with E-state index in [0.29, 0.717) is 17.7 Å². The van der Waals surface area contributed by atoms with Crippen LogP contribution in [0.5, 0.6) is 0 Å². The van der Waals surface area contributed by atoms with Gasteiger partial charge in [-0.3, -0.25) is 9.88 Å². The minimum Gasteiger partial charge on any atom is -0.383 e. The molecule has 0 radical (unpaired) electrons. The van der Waals surface area contributed by atoms with Gasteiger partial charge in [0.2, 0.25) is 0 Å². The normalized spacial score (nSPS) is 20.2. The molecular weight excluding hydrogens is 310 g/mol. The molecule has 2 fully saturated rings. The second-order valence-corrected chi connectivity index (χ2v) is 7.46. The van der Waals surface area contributed by atoms with Crippen molar-refractivity contribution in [2.75, 3.05) is 18.8 Å². The smallest absolute Gasteiger partial charge is 0.133 e. The van der Waals surface area contributed by atoms with Crippen LogP contribution in [-0.4, -0.2) is 32.9 Å². The number of nitrogen functional groups attached to an aromatic ring is 1. The Labute approximate surface area is 149 Å². The Hall–Kier alpha value is -2.01. The van der Waals surface area contributed by atoms with Gasteiger partial charge in [0, 0.05) is 36.6 Å². The third kappa shape index (κ3) is 3.82. The van der Waals surface area contributed by atoms with Crippen molar-refractivity contribution in [3.8, 4) is 0 Å². The fourth-order valence-electron chi connectivity index (χ4n) is 4.22. The van der Waals surface area contributed by atoms with Gasteiger partial charge in [0.15, 0.2) is 0 Å². The standard InChI is InChI=1S/C20H27N5/c21-19-18(13-23-20(24-19)16-4-1-2-5-16)14-25-10-7-15(8-11-25)17-6-3-9-22-12-17/h3,6,9,12-13,15-16H,1-2,4-5,7-8,10-11,14H2,(H2,21,23,24). The summed E-state index contributed by atoms with van der Waals surface area (Å²) in [4.78, 5) is 16.0. The molecule has 0 atom stereocenters. The molecule has 0 bridgehead atoms. The first kappa shape index (κ1) is 16.5. The monoisotopic (exact) mass is 337 g/mol. The van der Waals surface area contributed by atoms with Gasteiger partial charge in [0.05, 0.1) is 0 Å². The van der Waals surface area contributed by atoms with E-state index in [-0.39, 0.29) is 0 Å². The van der Waals surface area contributed by atoms with Crippen molar-refractivity contribution >= 4 is 5.82 Å². The van der Waals surface area contributed by atoms with Gasteiger partial charge in [-0.1, -0.05) is 18.9 Å². The number of rotatable bonds is 4. The van der Waals surface area contributed by atoms with Crippen molar-refractivity contribution in [2.24, 2.45) is 0 Å². The number of nitrogens with zero attached hydrogens (tertiary/aromatic N) is 4. The van der Waals surface area contributed by atoms with Crippen LogP contribution in [0, 0.1) is 0 Å². The van der Waals surface area contributed by atoms with Crippen molar-refractivity contribution in [3.05, 3.63) is 47.7 Å². The molecule has 2 N–H and O–H groups in total. The summed E-state index contributed by atoms with van der Waals surface area (Å²) in [6, 6.07) is 4.23. The van der Waals surface area contributed by atoms with Gasteiger partial charge < -0.3 is 5.73 Å². The van der Waals surface area contributed by atoms with Gasteiger partial charge >= 0.3 is 0 Å². The Morgan fingerprint density at radius 3 is 2.52 bits per heavy atom. The maximum Gasteiger partial charge on any atom is 0.133 e. The average Bonchev–Trinajstić information content (AvgIpc) is 3.19. The summed E-state index contributed by atoms with van der Waals surface area (Å²) in [6.45, 7) is 3.03. The first-order valence-corrected chi connectivity index (χ1v) is 9.53. The average molecular weight is 337 g/mol. The molecule has 1 saturated heterocycles. The summed E-state index contributed by atoms with van der Waals surface area (Å²) in [5, 5.41) is 0. The summed E-state index contributed by atoms with van der Waals surface area (Å²) < 4.78 is 0. The van der Waals surface area contributed by atoms with E-state index in [1.54, 1.807) is 0 Å². The molecule has 0 aromatic carbocycles. The molecule has 1 aliphatic carbocycles. The van der Waals surface area contributed by atoms with Gasteiger partial charge in [0.1, 0.15) is 11.6 Å². The predicted octanol–water partition coefficient (Wildman–Crippen LogP) is 3.49. The zero-order chi connectivity index (χ0) is 17.1. The van der Waals surface area contributed by atoms with E-state index in [9.17, 15) is 0 Å². The number of piperidine rings is 1. The molecule has 5 nitrogen and oxygen atoms in total. The Morgan fingerprint density at radius 1 is 1.04 bits per heavy atom. The van der Waals surface area contributed by atoms with E-state index >= 15 is 0 Å². The molecule has 2 aromatic rings. The number of hydrogen-bond donors (Lipinski definition) is 1. The highest BCUT2D eigenvalue weighted by Gasteiger charge is 2.23. The van der Waals surface area contributed by atoms with Crippen molar-refractivity contribution in [1.82, 2.24) is 19.9 Å². The quantitative estimate of drug-likeness (QED) is 0.925. The first-order valence-electron chi connectivity index (χ1n) is 9.53. The van der Waals surface area contributed by atoms with Crippen LogP contribution >= 0.6 is 0 Å². The molecule has 2 aromatic heterocycles. The topological polar surface area (TPSA) is 67.9 Å². The van der Waals surface area contributed by atoms with E-state index < -0.39 is 0 Å². The SMILES string of the molecule is Nc1nc(C2CCCC2)ncc1CN1CCC(c2cccnc2)CC1. The third-order valence-corrected chi connectivity index (χ3v) is 5.77. The van der Waals surface area contributed by atoms with E-state index in [4.69, 9.17) is 5.73 Å². The van der Waals surface area contributed by atoms with Gasteiger partial charge in [0.25, 0.3) is 0 Å². The zero-order valence-corrected chi connectivity index (χ0v) is 14.8. The minimum atomic E-state index is 0.520. The highest BCUT2D eigenvalue weighted by atomic mass is 15.1. The van der Waals surface area contributed by atoms with Crippen LogP contribution in [0.1, 0.15) is 67.3 Å². The Kier molecular flexibility index (Phi) is 4.92. The lowest BCUT2D eigenvalue weighted by atomic mass is 9.90. The highest BCUT2D eigenvalue weighted by molar-refractivity contribution is 5.38. The first-order chi connectivity index (χ1) is 12.3. The number of nitrogens with two attached hydrogens (primary N) is 1. The van der Waals surface area contributed by atoms with Crippen LogP contribution < -0.4 is 5.73 Å². The maximum absolute atomic E-state index is 6.24. The van der Waals surface area contributed by atoms with E-state index in [0.717, 1.165) is 31.0 Å². The van der Waals surface area contributed by atoms with Crippen LogP contribution in [0.3, 0.4) is 0 Å².